The number of nitro benzene ring substituents is 1. The van der Waals surface area contributed by atoms with Gasteiger partial charge in [0.1, 0.15) is 0 Å². The second-order valence-electron chi connectivity index (χ2n) is 10.3. The number of nitrogens with one attached hydrogen (secondary N) is 1. The Bertz CT molecular complexity index is 1660. The van der Waals surface area contributed by atoms with E-state index in [1.54, 1.807) is 29.2 Å². The summed E-state index contributed by atoms with van der Waals surface area (Å²) >= 11 is 0. The Hall–Kier alpha value is -5.04. The number of aryl methyl sites for hydroxylation is 1. The highest BCUT2D eigenvalue weighted by atomic mass is 16.6. The molecule has 0 spiro atoms. The van der Waals surface area contributed by atoms with Crippen molar-refractivity contribution in [2.45, 2.75) is 31.7 Å². The lowest BCUT2D eigenvalue weighted by Gasteiger charge is -2.35. The number of nitrogens with zero attached hydrogens (tertiary/aromatic N) is 2. The summed E-state index contributed by atoms with van der Waals surface area (Å²) < 4.78 is 0. The summed E-state index contributed by atoms with van der Waals surface area (Å²) in [6.07, 6.45) is 0.667. The third-order valence-corrected chi connectivity index (χ3v) is 7.67. The first-order chi connectivity index (χ1) is 19.4. The lowest BCUT2D eigenvalue weighted by molar-refractivity contribution is -0.384. The fraction of sp³-hybridized carbons (Fsp3) is 0.152. The van der Waals surface area contributed by atoms with Crippen LogP contribution in [0, 0.1) is 17.0 Å². The third-order valence-electron chi connectivity index (χ3n) is 7.67. The number of carbonyl (C=O) groups is 2. The van der Waals surface area contributed by atoms with Crippen molar-refractivity contribution in [1.29, 1.82) is 0 Å². The largest absolute Gasteiger partial charge is 0.357 e. The summed E-state index contributed by atoms with van der Waals surface area (Å²) in [5.74, 6) is -0.530. The maximum atomic E-state index is 14.2. The first-order valence-electron chi connectivity index (χ1n) is 13.2. The van der Waals surface area contributed by atoms with Crippen molar-refractivity contribution < 1.29 is 14.5 Å². The Kier molecular flexibility index (Phi) is 6.48. The molecule has 0 unspecified atom stereocenters. The molecule has 7 nitrogen and oxygen atoms in total. The zero-order valence-corrected chi connectivity index (χ0v) is 21.9. The number of allylic oxidation sites excluding steroid dienone is 1. The van der Waals surface area contributed by atoms with Crippen molar-refractivity contribution in [2.75, 3.05) is 10.2 Å². The van der Waals surface area contributed by atoms with E-state index in [4.69, 9.17) is 0 Å². The van der Waals surface area contributed by atoms with Crippen molar-refractivity contribution in [1.82, 2.24) is 0 Å². The van der Waals surface area contributed by atoms with Gasteiger partial charge in [0.05, 0.1) is 22.3 Å². The Morgan fingerprint density at radius 3 is 2.35 bits per heavy atom. The molecule has 2 atom stereocenters. The predicted octanol–water partition coefficient (Wildman–Crippen LogP) is 7.12. The molecule has 0 saturated heterocycles. The van der Waals surface area contributed by atoms with E-state index in [-0.39, 0.29) is 29.7 Å². The topological polar surface area (TPSA) is 92.5 Å². The molecular weight excluding hydrogens is 502 g/mol. The second kappa shape index (κ2) is 10.3. The van der Waals surface area contributed by atoms with Crippen LogP contribution < -0.4 is 10.2 Å². The molecule has 1 heterocycles. The van der Waals surface area contributed by atoms with Crippen LogP contribution in [0.15, 0.2) is 114 Å². The zero-order valence-electron chi connectivity index (χ0n) is 21.9. The molecule has 198 valence electrons. The van der Waals surface area contributed by atoms with E-state index in [2.05, 4.69) is 5.32 Å². The number of rotatable bonds is 4. The summed E-state index contributed by atoms with van der Waals surface area (Å²) in [7, 11) is 0. The molecule has 0 radical (unpaired) electrons. The molecule has 1 N–H and O–H groups in total. The first-order valence-corrected chi connectivity index (χ1v) is 13.2. The van der Waals surface area contributed by atoms with Crippen LogP contribution in [0.2, 0.25) is 0 Å². The standard InChI is InChI=1S/C33H27N3O4/c1-21-14-16-22(17-15-21)32-31-28(19-25(20-30(31)37)24-10-7-11-26(18-24)36(39)40)34-27-12-5-6-13-29(27)35(32)33(38)23-8-3-2-4-9-23/h2-18,25,32,34H,19-20H2,1H3/t25-,32-/m0/s1. The zero-order chi connectivity index (χ0) is 27.8. The molecule has 2 aliphatic rings. The van der Waals surface area contributed by atoms with Gasteiger partial charge in [-0.1, -0.05) is 72.3 Å². The number of hydrogen-bond donors (Lipinski definition) is 1. The molecule has 1 aliphatic heterocycles. The van der Waals surface area contributed by atoms with E-state index >= 15 is 0 Å². The predicted molar refractivity (Wildman–Crippen MR) is 154 cm³/mol. The van der Waals surface area contributed by atoms with Gasteiger partial charge in [0.2, 0.25) is 0 Å². The van der Waals surface area contributed by atoms with E-state index in [1.165, 1.54) is 6.07 Å². The summed E-state index contributed by atoms with van der Waals surface area (Å²) in [5.41, 5.74) is 5.86. The van der Waals surface area contributed by atoms with Gasteiger partial charge < -0.3 is 5.32 Å². The maximum Gasteiger partial charge on any atom is 0.269 e. The van der Waals surface area contributed by atoms with E-state index in [0.717, 1.165) is 28.1 Å². The minimum absolute atomic E-state index is 0.000983. The number of amides is 1. The number of anilines is 2. The van der Waals surface area contributed by atoms with Gasteiger partial charge in [-0.2, -0.15) is 0 Å². The van der Waals surface area contributed by atoms with Crippen LogP contribution in [0.4, 0.5) is 17.1 Å². The van der Waals surface area contributed by atoms with Gasteiger partial charge >= 0.3 is 0 Å². The van der Waals surface area contributed by atoms with Gasteiger partial charge in [-0.05, 0) is 54.7 Å². The highest BCUT2D eigenvalue weighted by molar-refractivity contribution is 6.12. The van der Waals surface area contributed by atoms with Crippen LogP contribution in [-0.2, 0) is 4.79 Å². The summed E-state index contributed by atoms with van der Waals surface area (Å²) in [4.78, 5) is 41.1. The van der Waals surface area contributed by atoms with Crippen LogP contribution in [-0.4, -0.2) is 16.6 Å². The van der Waals surface area contributed by atoms with Crippen LogP contribution >= 0.6 is 0 Å². The van der Waals surface area contributed by atoms with Gasteiger partial charge in [-0.3, -0.25) is 24.6 Å². The molecule has 4 aromatic rings. The number of carbonyl (C=O) groups excluding carboxylic acids is 2. The van der Waals surface area contributed by atoms with E-state index in [0.29, 0.717) is 23.2 Å². The molecule has 0 fully saturated rings. The summed E-state index contributed by atoms with van der Waals surface area (Å²) in [6, 6.07) is 30.5. The Balaban J connectivity index is 1.54. The quantitative estimate of drug-likeness (QED) is 0.224. The van der Waals surface area contributed by atoms with Crippen molar-refractivity contribution in [2.24, 2.45) is 0 Å². The molecule has 1 amide bonds. The normalized spacial score (nSPS) is 18.3. The fourth-order valence-corrected chi connectivity index (χ4v) is 5.73. The molecular formula is C33H27N3O4. The number of nitro groups is 1. The third kappa shape index (κ3) is 4.56. The lowest BCUT2D eigenvalue weighted by atomic mass is 9.78. The van der Waals surface area contributed by atoms with Crippen molar-refractivity contribution in [3.63, 3.8) is 0 Å². The van der Waals surface area contributed by atoms with Gasteiger partial charge in [0.15, 0.2) is 5.78 Å². The number of fused-ring (bicyclic) bond motifs is 1. The highest BCUT2D eigenvalue weighted by Crippen LogP contribution is 2.48. The number of non-ortho nitro benzene ring substituents is 1. The average molecular weight is 530 g/mol. The molecule has 0 aromatic heterocycles. The molecule has 6 rings (SSSR count). The average Bonchev–Trinajstić information content (AvgIpc) is 3.12. The molecule has 0 saturated carbocycles. The van der Waals surface area contributed by atoms with E-state index in [1.807, 2.05) is 79.7 Å². The summed E-state index contributed by atoms with van der Waals surface area (Å²) in [5, 5.41) is 14.9. The Morgan fingerprint density at radius 2 is 1.60 bits per heavy atom. The van der Waals surface area contributed by atoms with Crippen LogP contribution in [0.1, 0.15) is 51.8 Å². The number of ketones is 1. The maximum absolute atomic E-state index is 14.2. The minimum Gasteiger partial charge on any atom is -0.357 e. The number of benzene rings is 4. The monoisotopic (exact) mass is 529 g/mol. The second-order valence-corrected chi connectivity index (χ2v) is 10.3. The Labute approximate surface area is 231 Å². The van der Waals surface area contributed by atoms with E-state index < -0.39 is 11.0 Å². The van der Waals surface area contributed by atoms with Crippen molar-refractivity contribution in [3.05, 3.63) is 147 Å². The number of hydrogen-bond acceptors (Lipinski definition) is 5. The van der Waals surface area contributed by atoms with Crippen molar-refractivity contribution >= 4 is 28.8 Å². The molecule has 7 heteroatoms. The van der Waals surface area contributed by atoms with Crippen LogP contribution in [0.3, 0.4) is 0 Å². The lowest BCUT2D eigenvalue weighted by Crippen LogP contribution is -2.38. The fourth-order valence-electron chi connectivity index (χ4n) is 5.73. The molecule has 0 bridgehead atoms. The SMILES string of the molecule is Cc1ccc([C@H]2C3=C(C[C@H](c4cccc([N+](=O)[O-])c4)CC3=O)Nc3ccccc3N2C(=O)c2ccccc2)cc1. The highest BCUT2D eigenvalue weighted by Gasteiger charge is 2.42. The van der Waals surface area contributed by atoms with E-state index in [9.17, 15) is 19.7 Å². The van der Waals surface area contributed by atoms with Crippen LogP contribution in [0.5, 0.6) is 0 Å². The molecule has 1 aliphatic carbocycles. The summed E-state index contributed by atoms with van der Waals surface area (Å²) in [6.45, 7) is 2.00. The number of para-hydroxylation sites is 2. The molecule has 40 heavy (non-hydrogen) atoms. The van der Waals surface area contributed by atoms with Gasteiger partial charge in [-0.25, -0.2) is 0 Å². The Morgan fingerprint density at radius 1 is 0.875 bits per heavy atom. The smallest absolute Gasteiger partial charge is 0.269 e. The van der Waals surface area contributed by atoms with Crippen LogP contribution in [0.25, 0.3) is 0 Å². The number of Topliss-reactive ketones (excluding diaryl/α,β-unsaturated/α-hetero) is 1. The van der Waals surface area contributed by atoms with Gasteiger partial charge in [0.25, 0.3) is 11.6 Å². The van der Waals surface area contributed by atoms with Crippen molar-refractivity contribution in [3.8, 4) is 0 Å². The van der Waals surface area contributed by atoms with Gasteiger partial charge in [0, 0.05) is 35.4 Å². The molecule has 4 aromatic carbocycles. The minimum atomic E-state index is -0.655. The van der Waals surface area contributed by atoms with Gasteiger partial charge in [-0.15, -0.1) is 0 Å². The first kappa shape index (κ1) is 25.2.